The van der Waals surface area contributed by atoms with E-state index in [1.807, 2.05) is 18.3 Å². The molecule has 0 amide bonds. The van der Waals surface area contributed by atoms with Gasteiger partial charge in [0.05, 0.1) is 17.8 Å². The molecule has 0 aliphatic carbocycles. The highest BCUT2D eigenvalue weighted by Gasteiger charge is 2.39. The molecule has 4 nitrogen and oxygen atoms in total. The normalized spacial score (nSPS) is 20.8. The van der Waals surface area contributed by atoms with Crippen molar-refractivity contribution >= 4 is 17.3 Å². The van der Waals surface area contributed by atoms with E-state index in [2.05, 4.69) is 72.0 Å². The molecule has 3 rings (SSSR count). The number of unbranched alkanes of at least 4 members (excludes halogenated alkanes) is 1. The van der Waals surface area contributed by atoms with E-state index in [4.69, 9.17) is 12.2 Å². The molecule has 0 spiro atoms. The van der Waals surface area contributed by atoms with Gasteiger partial charge in [0.1, 0.15) is 0 Å². The van der Waals surface area contributed by atoms with Crippen molar-refractivity contribution in [3.8, 4) is 0 Å². The second-order valence-electron chi connectivity index (χ2n) is 7.70. The number of nitrogens with zero attached hydrogens (tertiary/aromatic N) is 3. The van der Waals surface area contributed by atoms with Crippen LogP contribution in [0.1, 0.15) is 63.9 Å². The van der Waals surface area contributed by atoms with Crippen LogP contribution in [0.2, 0.25) is 0 Å². The summed E-state index contributed by atoms with van der Waals surface area (Å²) in [5, 5.41) is 4.34. The highest BCUT2D eigenvalue weighted by molar-refractivity contribution is 7.80. The molecule has 1 aliphatic heterocycles. The molecule has 1 N–H and O–H groups in total. The molecule has 0 aromatic carbocycles. The molecule has 0 bridgehead atoms. The van der Waals surface area contributed by atoms with Crippen molar-refractivity contribution in [2.45, 2.75) is 58.2 Å². The van der Waals surface area contributed by atoms with Gasteiger partial charge in [0.15, 0.2) is 5.11 Å². The van der Waals surface area contributed by atoms with Gasteiger partial charge in [-0.15, -0.1) is 0 Å². The second-order valence-corrected chi connectivity index (χ2v) is 8.08. The zero-order valence-electron chi connectivity index (χ0n) is 15.6. The van der Waals surface area contributed by atoms with E-state index in [1.54, 1.807) is 0 Å². The number of hydrogen-bond donors (Lipinski definition) is 1. The molecular formula is C20H28N4S. The molecule has 25 heavy (non-hydrogen) atoms. The number of aromatic nitrogens is 2. The molecule has 1 fully saturated rings. The van der Waals surface area contributed by atoms with Crippen LogP contribution >= 0.6 is 12.2 Å². The molecule has 1 saturated heterocycles. The lowest BCUT2D eigenvalue weighted by Crippen LogP contribution is -2.30. The predicted molar refractivity (Wildman–Crippen MR) is 106 cm³/mol. The molecule has 0 unspecified atom stereocenters. The summed E-state index contributed by atoms with van der Waals surface area (Å²) in [5.41, 5.74) is 2.39. The number of thiocarbonyl (C=S) groups is 1. The molecule has 3 heterocycles. The van der Waals surface area contributed by atoms with Gasteiger partial charge in [-0.3, -0.25) is 4.98 Å². The Labute approximate surface area is 156 Å². The molecule has 0 saturated carbocycles. The zero-order valence-corrected chi connectivity index (χ0v) is 16.4. The van der Waals surface area contributed by atoms with Gasteiger partial charge in [-0.1, -0.05) is 19.4 Å². The lowest BCUT2D eigenvalue weighted by Gasteiger charge is -2.27. The Morgan fingerprint density at radius 1 is 1.24 bits per heavy atom. The Hall–Kier alpha value is -1.88. The average molecular weight is 357 g/mol. The van der Waals surface area contributed by atoms with E-state index in [1.165, 1.54) is 5.56 Å². The molecule has 1 aliphatic rings. The van der Waals surface area contributed by atoms with Crippen LogP contribution in [0.25, 0.3) is 0 Å². The van der Waals surface area contributed by atoms with Gasteiger partial charge in [-0.2, -0.15) is 0 Å². The van der Waals surface area contributed by atoms with Crippen LogP contribution in [0, 0.1) is 0 Å². The summed E-state index contributed by atoms with van der Waals surface area (Å²) in [5.74, 6) is 0. The molecule has 5 heteroatoms. The van der Waals surface area contributed by atoms with E-state index in [0.29, 0.717) is 0 Å². The summed E-state index contributed by atoms with van der Waals surface area (Å²) in [6, 6.07) is 8.56. The summed E-state index contributed by atoms with van der Waals surface area (Å²) in [7, 11) is 0. The number of nitrogens with one attached hydrogen (secondary N) is 1. The highest BCUT2D eigenvalue weighted by atomic mass is 32.1. The van der Waals surface area contributed by atoms with Crippen molar-refractivity contribution in [1.82, 2.24) is 19.8 Å². The van der Waals surface area contributed by atoms with Gasteiger partial charge < -0.3 is 14.8 Å². The Bertz CT molecular complexity index is 717. The molecule has 2 aromatic heterocycles. The van der Waals surface area contributed by atoms with Crippen molar-refractivity contribution in [3.63, 3.8) is 0 Å². The maximum atomic E-state index is 5.67. The standard InChI is InChI=1S/C20H28N4S/c1-5-6-12-24-18(15-10-13-23(14-15)20(2,3)4)17(22-19(24)25)16-9-7-8-11-21-16/h7-11,13-14,17-18H,5-6,12H2,1-4H3,(H,22,25)/t17-,18-/m0/s1. The maximum Gasteiger partial charge on any atom is 0.170 e. The van der Waals surface area contributed by atoms with Gasteiger partial charge in [-0.05, 0) is 63.2 Å². The molecular weight excluding hydrogens is 328 g/mol. The number of pyridine rings is 1. The Balaban J connectivity index is 1.98. The SMILES string of the molecule is CCCCN1C(=S)N[C@@H](c2ccccn2)[C@@H]1c1ccn(C(C)(C)C)c1. The predicted octanol–water partition coefficient (Wildman–Crippen LogP) is 4.41. The van der Waals surface area contributed by atoms with Crippen molar-refractivity contribution in [1.29, 1.82) is 0 Å². The van der Waals surface area contributed by atoms with Gasteiger partial charge in [0, 0.05) is 30.7 Å². The molecule has 134 valence electrons. The summed E-state index contributed by atoms with van der Waals surface area (Å²) < 4.78 is 2.27. The Morgan fingerprint density at radius 3 is 2.64 bits per heavy atom. The summed E-state index contributed by atoms with van der Waals surface area (Å²) in [6.07, 6.45) is 8.57. The molecule has 2 atom stereocenters. The van der Waals surface area contributed by atoms with Crippen molar-refractivity contribution < 1.29 is 0 Å². The topological polar surface area (TPSA) is 33.1 Å². The van der Waals surface area contributed by atoms with Crippen LogP contribution in [0.5, 0.6) is 0 Å². The van der Waals surface area contributed by atoms with E-state index in [-0.39, 0.29) is 17.6 Å². The maximum absolute atomic E-state index is 5.67. The Morgan fingerprint density at radius 2 is 2.04 bits per heavy atom. The van der Waals surface area contributed by atoms with Crippen molar-refractivity contribution in [2.75, 3.05) is 6.54 Å². The second kappa shape index (κ2) is 7.16. The first-order valence-electron chi connectivity index (χ1n) is 9.08. The molecule has 0 radical (unpaired) electrons. The van der Waals surface area contributed by atoms with E-state index < -0.39 is 0 Å². The van der Waals surface area contributed by atoms with E-state index in [0.717, 1.165) is 30.2 Å². The summed E-state index contributed by atoms with van der Waals surface area (Å²) >= 11 is 5.67. The summed E-state index contributed by atoms with van der Waals surface area (Å²) in [6.45, 7) is 9.85. The largest absolute Gasteiger partial charge is 0.352 e. The third-order valence-corrected chi connectivity index (χ3v) is 5.13. The minimum atomic E-state index is 0.0690. The smallest absolute Gasteiger partial charge is 0.170 e. The van der Waals surface area contributed by atoms with Gasteiger partial charge in [0.2, 0.25) is 0 Å². The first-order valence-corrected chi connectivity index (χ1v) is 9.49. The first kappa shape index (κ1) is 17.9. The van der Waals surface area contributed by atoms with Crippen LogP contribution in [0.3, 0.4) is 0 Å². The van der Waals surface area contributed by atoms with Crippen LogP contribution < -0.4 is 5.32 Å². The van der Waals surface area contributed by atoms with Crippen LogP contribution in [-0.2, 0) is 5.54 Å². The number of hydrogen-bond acceptors (Lipinski definition) is 2. The van der Waals surface area contributed by atoms with Crippen molar-refractivity contribution in [3.05, 3.63) is 54.1 Å². The number of rotatable bonds is 5. The van der Waals surface area contributed by atoms with E-state index >= 15 is 0 Å². The van der Waals surface area contributed by atoms with Crippen molar-refractivity contribution in [2.24, 2.45) is 0 Å². The fraction of sp³-hybridized carbons (Fsp3) is 0.500. The lowest BCUT2D eigenvalue weighted by atomic mass is 9.99. The Kier molecular flexibility index (Phi) is 5.13. The fourth-order valence-corrected chi connectivity index (χ4v) is 3.68. The third-order valence-electron chi connectivity index (χ3n) is 4.78. The molecule has 2 aromatic rings. The monoisotopic (exact) mass is 356 g/mol. The minimum Gasteiger partial charge on any atom is -0.352 e. The average Bonchev–Trinajstić information content (AvgIpc) is 3.18. The van der Waals surface area contributed by atoms with Crippen LogP contribution in [-0.4, -0.2) is 26.1 Å². The first-order chi connectivity index (χ1) is 11.9. The lowest BCUT2D eigenvalue weighted by molar-refractivity contribution is 0.311. The quantitative estimate of drug-likeness (QED) is 0.805. The highest BCUT2D eigenvalue weighted by Crippen LogP contribution is 2.39. The van der Waals surface area contributed by atoms with Crippen LogP contribution in [0.4, 0.5) is 0 Å². The van der Waals surface area contributed by atoms with Gasteiger partial charge in [-0.25, -0.2) is 0 Å². The zero-order chi connectivity index (χ0) is 18.0. The third kappa shape index (κ3) is 3.71. The summed E-state index contributed by atoms with van der Waals surface area (Å²) in [4.78, 5) is 6.92. The fourth-order valence-electron chi connectivity index (χ4n) is 3.34. The minimum absolute atomic E-state index is 0.0690. The van der Waals surface area contributed by atoms with Crippen LogP contribution in [0.15, 0.2) is 42.9 Å². The van der Waals surface area contributed by atoms with E-state index in [9.17, 15) is 0 Å². The van der Waals surface area contributed by atoms with Gasteiger partial charge >= 0.3 is 0 Å². The van der Waals surface area contributed by atoms with Gasteiger partial charge in [0.25, 0.3) is 0 Å².